The number of hydrogen-bond acceptors (Lipinski definition) is 2. The Kier molecular flexibility index (Phi) is 3.28. The average molecular weight is 227 g/mol. The number of carbonyl (C=O) groups is 1. The number of halogens is 1. The summed E-state index contributed by atoms with van der Waals surface area (Å²) in [6.45, 7) is 1.95. The molecule has 1 fully saturated rings. The van der Waals surface area contributed by atoms with Crippen LogP contribution in [0.25, 0.3) is 0 Å². The van der Waals surface area contributed by atoms with Crippen LogP contribution < -0.4 is 5.32 Å². The summed E-state index contributed by atoms with van der Waals surface area (Å²) in [5, 5.41) is 2.75. The molecule has 0 aliphatic heterocycles. The molecule has 4 heteroatoms. The van der Waals surface area contributed by atoms with E-state index in [1.165, 1.54) is 5.57 Å². The van der Waals surface area contributed by atoms with Gasteiger partial charge in [0.05, 0.1) is 6.10 Å². The number of hydrogen-bond donors (Lipinski definition) is 1. The summed E-state index contributed by atoms with van der Waals surface area (Å²) in [5.74, 6) is -0.0850. The molecule has 1 saturated carbocycles. The highest BCUT2D eigenvalue weighted by molar-refractivity contribution is 5.88. The first-order valence-corrected chi connectivity index (χ1v) is 5.90. The molecule has 0 spiro atoms. The maximum absolute atomic E-state index is 12.8. The first kappa shape index (κ1) is 11.6. The second kappa shape index (κ2) is 4.53. The average Bonchev–Trinajstić information content (AvgIpc) is 3.13. The Morgan fingerprint density at radius 3 is 2.81 bits per heavy atom. The van der Waals surface area contributed by atoms with Crippen LogP contribution >= 0.6 is 0 Å². The van der Waals surface area contributed by atoms with E-state index in [9.17, 15) is 9.18 Å². The quantitative estimate of drug-likeness (QED) is 0.673. The molecule has 0 bridgehead atoms. The van der Waals surface area contributed by atoms with Crippen LogP contribution in [-0.4, -0.2) is 30.8 Å². The Hall–Kier alpha value is -0.900. The van der Waals surface area contributed by atoms with Gasteiger partial charge in [-0.3, -0.25) is 4.79 Å². The molecule has 0 saturated heterocycles. The van der Waals surface area contributed by atoms with Crippen molar-refractivity contribution in [3.63, 3.8) is 0 Å². The van der Waals surface area contributed by atoms with Gasteiger partial charge in [-0.25, -0.2) is 4.39 Å². The monoisotopic (exact) mass is 227 g/mol. The van der Waals surface area contributed by atoms with Crippen molar-refractivity contribution in [1.82, 2.24) is 5.32 Å². The fourth-order valence-electron chi connectivity index (χ4n) is 1.81. The topological polar surface area (TPSA) is 38.3 Å². The van der Waals surface area contributed by atoms with Gasteiger partial charge in [-0.1, -0.05) is 11.6 Å². The van der Waals surface area contributed by atoms with Gasteiger partial charge in [0.2, 0.25) is 0 Å². The maximum atomic E-state index is 12.8. The minimum Gasteiger partial charge on any atom is -0.359 e. The van der Waals surface area contributed by atoms with Gasteiger partial charge in [0, 0.05) is 6.54 Å². The SMILES string of the molecule is CCNC(=O)C1(OC(CF)CC2=CC2)CC1. The van der Waals surface area contributed by atoms with Crippen LogP contribution in [0.15, 0.2) is 11.6 Å². The number of ether oxygens (including phenoxy) is 1. The van der Waals surface area contributed by atoms with Crippen molar-refractivity contribution in [3.05, 3.63) is 11.6 Å². The van der Waals surface area contributed by atoms with Crippen LogP contribution in [0.1, 0.15) is 32.6 Å². The van der Waals surface area contributed by atoms with E-state index in [1.807, 2.05) is 6.92 Å². The lowest BCUT2D eigenvalue weighted by molar-refractivity contribution is -0.141. The van der Waals surface area contributed by atoms with E-state index < -0.39 is 18.4 Å². The minimum atomic E-state index is -0.720. The number of alkyl halides is 1. The molecule has 1 unspecified atom stereocenters. The third-order valence-electron chi connectivity index (χ3n) is 3.00. The van der Waals surface area contributed by atoms with Crippen LogP contribution in [0.5, 0.6) is 0 Å². The Bertz CT molecular complexity index is 310. The highest BCUT2D eigenvalue weighted by Crippen LogP contribution is 2.42. The Morgan fingerprint density at radius 1 is 1.69 bits per heavy atom. The lowest BCUT2D eigenvalue weighted by Crippen LogP contribution is -2.41. The lowest BCUT2D eigenvalue weighted by Gasteiger charge is -2.21. The van der Waals surface area contributed by atoms with E-state index in [2.05, 4.69) is 11.4 Å². The number of amides is 1. The van der Waals surface area contributed by atoms with Gasteiger partial charge in [0.25, 0.3) is 5.91 Å². The minimum absolute atomic E-state index is 0.0850. The van der Waals surface area contributed by atoms with Crippen molar-refractivity contribution in [2.45, 2.75) is 44.3 Å². The van der Waals surface area contributed by atoms with Crippen LogP contribution in [0.4, 0.5) is 4.39 Å². The predicted molar refractivity (Wildman–Crippen MR) is 58.8 cm³/mol. The number of nitrogens with one attached hydrogen (secondary N) is 1. The van der Waals surface area contributed by atoms with Crippen LogP contribution in [0, 0.1) is 0 Å². The van der Waals surface area contributed by atoms with E-state index in [0.29, 0.717) is 25.8 Å². The predicted octanol–water partition coefficient (Wildman–Crippen LogP) is 1.73. The van der Waals surface area contributed by atoms with E-state index in [4.69, 9.17) is 4.74 Å². The molecule has 0 heterocycles. The van der Waals surface area contributed by atoms with Crippen molar-refractivity contribution in [2.75, 3.05) is 13.2 Å². The summed E-state index contributed by atoms with van der Waals surface area (Å²) >= 11 is 0. The van der Waals surface area contributed by atoms with Gasteiger partial charge < -0.3 is 10.1 Å². The van der Waals surface area contributed by atoms with E-state index in [1.54, 1.807) is 0 Å². The van der Waals surface area contributed by atoms with Crippen molar-refractivity contribution in [2.24, 2.45) is 0 Å². The molecule has 1 atom stereocenters. The molecule has 2 rings (SSSR count). The maximum Gasteiger partial charge on any atom is 0.252 e. The zero-order valence-electron chi connectivity index (χ0n) is 9.59. The number of likely N-dealkylation sites (N-methyl/N-ethyl adjacent to an activating group) is 1. The molecule has 90 valence electrons. The summed E-state index contributed by atoms with van der Waals surface area (Å²) in [6.07, 6.45) is 4.67. The molecule has 1 N–H and O–H groups in total. The molecule has 16 heavy (non-hydrogen) atoms. The van der Waals surface area contributed by atoms with Gasteiger partial charge in [-0.2, -0.15) is 0 Å². The van der Waals surface area contributed by atoms with Crippen molar-refractivity contribution < 1.29 is 13.9 Å². The largest absolute Gasteiger partial charge is 0.359 e. The van der Waals surface area contributed by atoms with Gasteiger partial charge in [0.1, 0.15) is 12.3 Å². The van der Waals surface area contributed by atoms with Crippen molar-refractivity contribution in [1.29, 1.82) is 0 Å². The number of rotatable bonds is 7. The smallest absolute Gasteiger partial charge is 0.252 e. The zero-order valence-corrected chi connectivity index (χ0v) is 9.59. The zero-order chi connectivity index (χ0) is 11.6. The molecule has 0 aromatic carbocycles. The van der Waals surface area contributed by atoms with Crippen LogP contribution in [0.3, 0.4) is 0 Å². The number of carbonyl (C=O) groups excluding carboxylic acids is 1. The fraction of sp³-hybridized carbons (Fsp3) is 0.750. The summed E-state index contributed by atoms with van der Waals surface area (Å²) < 4.78 is 18.4. The molecular formula is C12H18FNO2. The lowest BCUT2D eigenvalue weighted by atomic mass is 10.2. The third kappa shape index (κ3) is 2.61. The molecule has 1 amide bonds. The fourth-order valence-corrected chi connectivity index (χ4v) is 1.81. The first-order chi connectivity index (χ1) is 7.70. The highest BCUT2D eigenvalue weighted by atomic mass is 19.1. The molecular weight excluding hydrogens is 209 g/mol. The first-order valence-electron chi connectivity index (χ1n) is 5.90. The summed E-state index contributed by atoms with van der Waals surface area (Å²) in [7, 11) is 0. The normalized spacial score (nSPS) is 22.2. The second-order valence-electron chi connectivity index (χ2n) is 4.52. The summed E-state index contributed by atoms with van der Waals surface area (Å²) in [6, 6.07) is 0. The van der Waals surface area contributed by atoms with E-state index in [0.717, 1.165) is 6.42 Å². The van der Waals surface area contributed by atoms with E-state index >= 15 is 0 Å². The van der Waals surface area contributed by atoms with Crippen LogP contribution in [0.2, 0.25) is 0 Å². The second-order valence-corrected chi connectivity index (χ2v) is 4.52. The highest BCUT2D eigenvalue weighted by Gasteiger charge is 2.52. The molecule has 2 aliphatic carbocycles. The Balaban J connectivity index is 1.85. The van der Waals surface area contributed by atoms with Gasteiger partial charge >= 0.3 is 0 Å². The van der Waals surface area contributed by atoms with Crippen LogP contribution in [-0.2, 0) is 9.53 Å². The van der Waals surface area contributed by atoms with Gasteiger partial charge in [-0.15, -0.1) is 0 Å². The Labute approximate surface area is 95.0 Å². The molecule has 2 aliphatic rings. The number of allylic oxidation sites excluding steroid dienone is 1. The standard InChI is InChI=1S/C12H18FNO2/c1-2-14-11(15)12(5-6-12)16-10(8-13)7-9-3-4-9/h3,10H,2,4-8H2,1H3,(H,14,15). The third-order valence-corrected chi connectivity index (χ3v) is 3.00. The van der Waals surface area contributed by atoms with Gasteiger partial charge in [0.15, 0.2) is 0 Å². The molecule has 0 aromatic rings. The summed E-state index contributed by atoms with van der Waals surface area (Å²) in [5.41, 5.74) is 0.525. The Morgan fingerprint density at radius 2 is 2.38 bits per heavy atom. The van der Waals surface area contributed by atoms with E-state index in [-0.39, 0.29) is 5.91 Å². The molecule has 3 nitrogen and oxygen atoms in total. The van der Waals surface area contributed by atoms with Gasteiger partial charge in [-0.05, 0) is 32.6 Å². The van der Waals surface area contributed by atoms with Crippen molar-refractivity contribution in [3.8, 4) is 0 Å². The summed E-state index contributed by atoms with van der Waals surface area (Å²) in [4.78, 5) is 11.7. The van der Waals surface area contributed by atoms with Crippen molar-refractivity contribution >= 4 is 5.91 Å². The molecule has 0 aromatic heterocycles. The molecule has 0 radical (unpaired) electrons.